The Labute approximate surface area is 122 Å². The van der Waals surface area contributed by atoms with Crippen molar-refractivity contribution in [3.8, 4) is 16.8 Å². The maximum atomic E-state index is 8.83. The summed E-state index contributed by atoms with van der Waals surface area (Å²) in [5, 5.41) is 20.1. The van der Waals surface area contributed by atoms with Gasteiger partial charge in [-0.25, -0.2) is 9.66 Å². The lowest BCUT2D eigenvalue weighted by molar-refractivity contribution is 0.848. The smallest absolute Gasteiger partial charge is 0.216 e. The van der Waals surface area contributed by atoms with Crippen LogP contribution in [0, 0.1) is 11.3 Å². The Morgan fingerprint density at radius 3 is 2.90 bits per heavy atom. The van der Waals surface area contributed by atoms with E-state index in [1.807, 2.05) is 23.6 Å². The SMILES string of the molecule is N#Cc1cccc(Sc2nnc(-c3cccs3)n2N)n1. The quantitative estimate of drug-likeness (QED) is 0.745. The zero-order valence-corrected chi connectivity index (χ0v) is 11.7. The van der Waals surface area contributed by atoms with Crippen molar-refractivity contribution in [1.82, 2.24) is 19.9 Å². The first-order valence-electron chi connectivity index (χ1n) is 5.57. The maximum Gasteiger partial charge on any atom is 0.216 e. The Kier molecular flexibility index (Phi) is 3.37. The second kappa shape index (κ2) is 5.32. The standard InChI is InChI=1S/C12H8N6S2/c13-7-8-3-1-5-10(15-8)20-12-17-16-11(18(12)14)9-4-2-6-19-9/h1-6H,14H2. The van der Waals surface area contributed by atoms with Gasteiger partial charge in [-0.2, -0.15) is 5.26 Å². The number of pyridine rings is 1. The van der Waals surface area contributed by atoms with Gasteiger partial charge in [-0.15, -0.1) is 21.5 Å². The Bertz CT molecular complexity index is 772. The molecule has 0 bridgehead atoms. The summed E-state index contributed by atoms with van der Waals surface area (Å²) in [4.78, 5) is 5.12. The summed E-state index contributed by atoms with van der Waals surface area (Å²) in [5.74, 6) is 6.61. The number of nitrogen functional groups attached to an aromatic ring is 1. The van der Waals surface area contributed by atoms with Crippen molar-refractivity contribution in [3.05, 3.63) is 41.4 Å². The molecular formula is C12H8N6S2. The van der Waals surface area contributed by atoms with Crippen LogP contribution >= 0.6 is 23.1 Å². The third kappa shape index (κ3) is 2.36. The van der Waals surface area contributed by atoms with E-state index in [-0.39, 0.29) is 0 Å². The van der Waals surface area contributed by atoms with Crippen molar-refractivity contribution in [2.75, 3.05) is 5.84 Å². The molecule has 3 aromatic heterocycles. The van der Waals surface area contributed by atoms with E-state index >= 15 is 0 Å². The molecule has 0 aliphatic heterocycles. The highest BCUT2D eigenvalue weighted by Crippen LogP contribution is 2.28. The van der Waals surface area contributed by atoms with E-state index in [1.165, 1.54) is 16.4 Å². The number of aromatic nitrogens is 4. The lowest BCUT2D eigenvalue weighted by atomic mass is 10.4. The number of thiophene rings is 1. The Morgan fingerprint density at radius 1 is 1.25 bits per heavy atom. The first kappa shape index (κ1) is 12.7. The van der Waals surface area contributed by atoms with Crippen LogP contribution in [0.3, 0.4) is 0 Å². The van der Waals surface area contributed by atoms with E-state index in [1.54, 1.807) is 29.5 Å². The van der Waals surface area contributed by atoms with Crippen molar-refractivity contribution in [3.63, 3.8) is 0 Å². The van der Waals surface area contributed by atoms with E-state index in [2.05, 4.69) is 15.2 Å². The third-order valence-electron chi connectivity index (χ3n) is 2.44. The fourth-order valence-corrected chi connectivity index (χ4v) is 3.00. The number of nitriles is 1. The van der Waals surface area contributed by atoms with Crippen molar-refractivity contribution < 1.29 is 0 Å². The molecular weight excluding hydrogens is 292 g/mol. The highest BCUT2D eigenvalue weighted by atomic mass is 32.2. The molecule has 98 valence electrons. The molecule has 0 atom stereocenters. The van der Waals surface area contributed by atoms with Gasteiger partial charge >= 0.3 is 0 Å². The van der Waals surface area contributed by atoms with Gasteiger partial charge < -0.3 is 5.84 Å². The largest absolute Gasteiger partial charge is 0.335 e. The van der Waals surface area contributed by atoms with Gasteiger partial charge in [0.15, 0.2) is 5.82 Å². The molecule has 0 fully saturated rings. The lowest BCUT2D eigenvalue weighted by Crippen LogP contribution is -2.11. The molecule has 0 spiro atoms. The molecule has 3 rings (SSSR count). The molecule has 8 heteroatoms. The van der Waals surface area contributed by atoms with Crippen molar-refractivity contribution >= 4 is 23.1 Å². The van der Waals surface area contributed by atoms with Crippen LogP contribution in [0.2, 0.25) is 0 Å². The molecule has 2 N–H and O–H groups in total. The topological polar surface area (TPSA) is 93.4 Å². The van der Waals surface area contributed by atoms with Crippen LogP contribution in [0.4, 0.5) is 0 Å². The molecule has 0 saturated heterocycles. The van der Waals surface area contributed by atoms with E-state index in [9.17, 15) is 0 Å². The van der Waals surface area contributed by atoms with Crippen LogP contribution < -0.4 is 5.84 Å². The minimum Gasteiger partial charge on any atom is -0.335 e. The summed E-state index contributed by atoms with van der Waals surface area (Å²) in [7, 11) is 0. The van der Waals surface area contributed by atoms with E-state index in [4.69, 9.17) is 11.1 Å². The summed E-state index contributed by atoms with van der Waals surface area (Å²) < 4.78 is 1.43. The Hall–Kier alpha value is -2.37. The molecule has 6 nitrogen and oxygen atoms in total. The fourth-order valence-electron chi connectivity index (χ4n) is 1.55. The van der Waals surface area contributed by atoms with Gasteiger partial charge in [0, 0.05) is 0 Å². The number of rotatable bonds is 3. The van der Waals surface area contributed by atoms with Crippen molar-refractivity contribution in [2.24, 2.45) is 0 Å². The number of hydrogen-bond acceptors (Lipinski definition) is 7. The average Bonchev–Trinajstić information content (AvgIpc) is 3.10. The first-order valence-corrected chi connectivity index (χ1v) is 7.27. The molecule has 0 unspecified atom stereocenters. The van der Waals surface area contributed by atoms with E-state index in [0.717, 1.165) is 4.88 Å². The molecule has 3 aromatic rings. The highest BCUT2D eigenvalue weighted by Gasteiger charge is 2.14. The molecule has 0 amide bonds. The summed E-state index contributed by atoms with van der Waals surface area (Å²) >= 11 is 2.81. The Morgan fingerprint density at radius 2 is 2.15 bits per heavy atom. The van der Waals surface area contributed by atoms with Crippen LogP contribution in [0.15, 0.2) is 45.9 Å². The minimum atomic E-state index is 0.358. The van der Waals surface area contributed by atoms with Crippen LogP contribution in [0.5, 0.6) is 0 Å². The van der Waals surface area contributed by atoms with Gasteiger partial charge in [-0.3, -0.25) is 0 Å². The predicted molar refractivity (Wildman–Crippen MR) is 76.6 cm³/mol. The van der Waals surface area contributed by atoms with Gasteiger partial charge in [0.25, 0.3) is 0 Å². The summed E-state index contributed by atoms with van der Waals surface area (Å²) in [6.07, 6.45) is 0. The molecule has 20 heavy (non-hydrogen) atoms. The molecule has 0 radical (unpaired) electrons. The second-order valence-corrected chi connectivity index (χ2v) is 5.66. The van der Waals surface area contributed by atoms with Crippen LogP contribution in [0.1, 0.15) is 5.69 Å². The lowest BCUT2D eigenvalue weighted by Gasteiger charge is -2.01. The zero-order chi connectivity index (χ0) is 13.9. The first-order chi connectivity index (χ1) is 9.78. The van der Waals surface area contributed by atoms with Crippen LogP contribution in [-0.4, -0.2) is 19.9 Å². The molecule has 3 heterocycles. The van der Waals surface area contributed by atoms with Gasteiger partial charge in [-0.05, 0) is 35.3 Å². The molecule has 0 aromatic carbocycles. The van der Waals surface area contributed by atoms with Gasteiger partial charge in [0.1, 0.15) is 16.8 Å². The monoisotopic (exact) mass is 300 g/mol. The van der Waals surface area contributed by atoms with Crippen LogP contribution in [0.25, 0.3) is 10.7 Å². The fraction of sp³-hybridized carbons (Fsp3) is 0. The summed E-state index contributed by atoms with van der Waals surface area (Å²) in [6.45, 7) is 0. The second-order valence-electron chi connectivity index (χ2n) is 3.73. The summed E-state index contributed by atoms with van der Waals surface area (Å²) in [6, 6.07) is 11.1. The number of hydrogen-bond donors (Lipinski definition) is 1. The minimum absolute atomic E-state index is 0.358. The Balaban J connectivity index is 1.90. The third-order valence-corrected chi connectivity index (χ3v) is 4.20. The number of nitrogens with two attached hydrogens (primary N) is 1. The maximum absolute atomic E-state index is 8.83. The normalized spacial score (nSPS) is 10.3. The zero-order valence-electron chi connectivity index (χ0n) is 10.1. The van der Waals surface area contributed by atoms with E-state index in [0.29, 0.717) is 21.7 Å². The molecule has 0 aliphatic rings. The number of nitrogens with zero attached hydrogens (tertiary/aromatic N) is 5. The average molecular weight is 300 g/mol. The van der Waals surface area contributed by atoms with E-state index < -0.39 is 0 Å². The van der Waals surface area contributed by atoms with Crippen molar-refractivity contribution in [2.45, 2.75) is 10.2 Å². The molecule has 0 aliphatic carbocycles. The van der Waals surface area contributed by atoms with Gasteiger partial charge in [0.2, 0.25) is 5.16 Å². The summed E-state index contributed by atoms with van der Waals surface area (Å²) in [5.41, 5.74) is 0.358. The highest BCUT2D eigenvalue weighted by molar-refractivity contribution is 7.99. The molecule has 0 saturated carbocycles. The van der Waals surface area contributed by atoms with Crippen LogP contribution in [-0.2, 0) is 0 Å². The predicted octanol–water partition coefficient (Wildman–Crippen LogP) is 2.14. The van der Waals surface area contributed by atoms with Gasteiger partial charge in [0.05, 0.1) is 4.88 Å². The van der Waals surface area contributed by atoms with Gasteiger partial charge in [-0.1, -0.05) is 12.1 Å². The van der Waals surface area contributed by atoms with Crippen molar-refractivity contribution in [1.29, 1.82) is 5.26 Å².